The molecule has 1 amide bonds. The average Bonchev–Trinajstić information content (AvgIpc) is 3.31. The Morgan fingerprint density at radius 1 is 1.13 bits per heavy atom. The third kappa shape index (κ3) is 3.91. The van der Waals surface area contributed by atoms with Crippen LogP contribution in [-0.4, -0.2) is 62.3 Å². The van der Waals surface area contributed by atoms with E-state index in [1.54, 1.807) is 12.4 Å². The number of pyridine rings is 1. The number of piperazine rings is 1. The molecule has 0 atom stereocenters. The number of nitrogens with zero attached hydrogens (tertiary/aromatic N) is 4. The molecule has 4 heterocycles. The number of hydrogen-bond acceptors (Lipinski definition) is 8. The number of oxazole rings is 1. The fraction of sp³-hybridized carbons (Fsp3) is 0.318. The molecule has 160 valence electrons. The molecular weight excluding hydrogens is 396 g/mol. The van der Waals surface area contributed by atoms with Crippen LogP contribution >= 0.6 is 0 Å². The number of benzene rings is 1. The van der Waals surface area contributed by atoms with Crippen LogP contribution in [0.25, 0.3) is 11.5 Å². The van der Waals surface area contributed by atoms with Crippen molar-refractivity contribution in [1.29, 1.82) is 0 Å². The Bertz CT molecular complexity index is 1090. The number of amides is 1. The maximum atomic E-state index is 12.8. The summed E-state index contributed by atoms with van der Waals surface area (Å²) in [6, 6.07) is 7.70. The first-order chi connectivity index (χ1) is 15.2. The lowest BCUT2D eigenvalue weighted by Gasteiger charge is -2.30. The molecule has 2 N–H and O–H groups in total. The van der Waals surface area contributed by atoms with Crippen molar-refractivity contribution in [2.45, 2.75) is 0 Å². The highest BCUT2D eigenvalue weighted by molar-refractivity contribution is 6.04. The van der Waals surface area contributed by atoms with Crippen LogP contribution in [0.2, 0.25) is 0 Å². The Labute approximate surface area is 180 Å². The van der Waals surface area contributed by atoms with Crippen molar-refractivity contribution in [3.05, 3.63) is 48.6 Å². The van der Waals surface area contributed by atoms with Crippen molar-refractivity contribution in [3.8, 4) is 17.2 Å². The lowest BCUT2D eigenvalue weighted by atomic mass is 10.1. The van der Waals surface area contributed by atoms with Crippen molar-refractivity contribution in [2.24, 2.45) is 0 Å². The van der Waals surface area contributed by atoms with Gasteiger partial charge >= 0.3 is 0 Å². The smallest absolute Gasteiger partial charge is 0.293 e. The van der Waals surface area contributed by atoms with Gasteiger partial charge in [0.25, 0.3) is 5.91 Å². The first kappa shape index (κ1) is 19.4. The van der Waals surface area contributed by atoms with Crippen molar-refractivity contribution in [1.82, 2.24) is 15.3 Å². The summed E-state index contributed by atoms with van der Waals surface area (Å²) < 4.78 is 11.5. The van der Waals surface area contributed by atoms with Crippen LogP contribution in [0.15, 0.2) is 47.3 Å². The molecule has 2 aliphatic rings. The summed E-state index contributed by atoms with van der Waals surface area (Å²) in [5, 5.41) is 6.25. The van der Waals surface area contributed by atoms with E-state index < -0.39 is 0 Å². The zero-order chi connectivity index (χ0) is 21.2. The highest BCUT2D eigenvalue weighted by Crippen LogP contribution is 2.35. The zero-order valence-corrected chi connectivity index (χ0v) is 17.3. The minimum Gasteiger partial charge on any atom is -0.490 e. The first-order valence-corrected chi connectivity index (χ1v) is 10.3. The minimum absolute atomic E-state index is 0.140. The predicted molar refractivity (Wildman–Crippen MR) is 118 cm³/mol. The van der Waals surface area contributed by atoms with Gasteiger partial charge in [0.1, 0.15) is 12.4 Å². The number of ether oxygens (including phenoxy) is 1. The Morgan fingerprint density at radius 2 is 2.00 bits per heavy atom. The molecule has 31 heavy (non-hydrogen) atoms. The summed E-state index contributed by atoms with van der Waals surface area (Å²) in [6.45, 7) is 5.03. The number of fused-ring (bicyclic) bond motifs is 1. The summed E-state index contributed by atoms with van der Waals surface area (Å²) in [4.78, 5) is 25.7. The SMILES string of the molecule is CN1CCOc2cc(-c3ncc(C(=O)Nc4cnccc4N4CCNCC4)o3)ccc21. The van der Waals surface area contributed by atoms with Crippen LogP contribution in [0.5, 0.6) is 5.75 Å². The highest BCUT2D eigenvalue weighted by Gasteiger charge is 2.20. The van der Waals surface area contributed by atoms with Gasteiger partial charge in [0, 0.05) is 45.0 Å². The van der Waals surface area contributed by atoms with Crippen molar-refractivity contribution >= 4 is 23.0 Å². The van der Waals surface area contributed by atoms with E-state index in [0.29, 0.717) is 18.2 Å². The van der Waals surface area contributed by atoms with Gasteiger partial charge in [-0.3, -0.25) is 9.78 Å². The van der Waals surface area contributed by atoms with Gasteiger partial charge in [-0.15, -0.1) is 0 Å². The molecule has 0 aliphatic carbocycles. The number of anilines is 3. The average molecular weight is 420 g/mol. The maximum Gasteiger partial charge on any atom is 0.293 e. The first-order valence-electron chi connectivity index (χ1n) is 10.3. The van der Waals surface area contributed by atoms with Gasteiger partial charge in [-0.2, -0.15) is 0 Å². The van der Waals surface area contributed by atoms with Crippen LogP contribution in [0.4, 0.5) is 17.1 Å². The summed E-state index contributed by atoms with van der Waals surface area (Å²) in [5.74, 6) is 0.933. The summed E-state index contributed by atoms with van der Waals surface area (Å²) in [7, 11) is 2.03. The fourth-order valence-corrected chi connectivity index (χ4v) is 3.85. The number of carbonyl (C=O) groups excluding carboxylic acids is 1. The summed E-state index contributed by atoms with van der Waals surface area (Å²) in [6.07, 6.45) is 4.83. The Kier molecular flexibility index (Phi) is 5.17. The fourth-order valence-electron chi connectivity index (χ4n) is 3.85. The molecule has 2 aliphatic heterocycles. The normalized spacial score (nSPS) is 15.9. The van der Waals surface area contributed by atoms with Gasteiger partial charge in [0.05, 0.1) is 36.0 Å². The van der Waals surface area contributed by atoms with Crippen molar-refractivity contribution in [3.63, 3.8) is 0 Å². The van der Waals surface area contributed by atoms with E-state index in [1.807, 2.05) is 31.3 Å². The van der Waals surface area contributed by atoms with Gasteiger partial charge in [-0.1, -0.05) is 0 Å². The number of likely N-dealkylation sites (N-methyl/N-ethyl adjacent to an activating group) is 1. The van der Waals surface area contributed by atoms with Crippen LogP contribution in [0.1, 0.15) is 10.6 Å². The predicted octanol–water partition coefficient (Wildman–Crippen LogP) is 2.23. The van der Waals surface area contributed by atoms with E-state index in [4.69, 9.17) is 9.15 Å². The maximum absolute atomic E-state index is 12.8. The molecule has 0 spiro atoms. The molecule has 9 nitrogen and oxygen atoms in total. The quantitative estimate of drug-likeness (QED) is 0.664. The van der Waals surface area contributed by atoms with Gasteiger partial charge in [0.15, 0.2) is 0 Å². The highest BCUT2D eigenvalue weighted by atomic mass is 16.5. The number of hydrogen-bond donors (Lipinski definition) is 2. The molecule has 0 radical (unpaired) electrons. The lowest BCUT2D eigenvalue weighted by Crippen LogP contribution is -2.43. The van der Waals surface area contributed by atoms with E-state index in [0.717, 1.165) is 55.4 Å². The van der Waals surface area contributed by atoms with E-state index in [1.165, 1.54) is 6.20 Å². The third-order valence-electron chi connectivity index (χ3n) is 5.54. The van der Waals surface area contributed by atoms with Crippen LogP contribution in [0, 0.1) is 0 Å². The molecule has 0 unspecified atom stereocenters. The second-order valence-corrected chi connectivity index (χ2v) is 7.57. The van der Waals surface area contributed by atoms with E-state index >= 15 is 0 Å². The largest absolute Gasteiger partial charge is 0.490 e. The number of aromatic nitrogens is 2. The second kappa shape index (κ2) is 8.27. The number of carbonyl (C=O) groups is 1. The van der Waals surface area contributed by atoms with E-state index in [-0.39, 0.29) is 11.7 Å². The molecule has 5 rings (SSSR count). The topological polar surface area (TPSA) is 95.8 Å². The summed E-state index contributed by atoms with van der Waals surface area (Å²) in [5.41, 5.74) is 3.38. The van der Waals surface area contributed by atoms with Crippen LogP contribution in [0.3, 0.4) is 0 Å². The van der Waals surface area contributed by atoms with Gasteiger partial charge in [-0.05, 0) is 24.3 Å². The van der Waals surface area contributed by atoms with Gasteiger partial charge < -0.3 is 29.6 Å². The number of nitrogens with one attached hydrogen (secondary N) is 2. The van der Waals surface area contributed by atoms with Crippen LogP contribution < -0.4 is 25.2 Å². The molecule has 0 bridgehead atoms. The molecule has 1 saturated heterocycles. The van der Waals surface area contributed by atoms with Gasteiger partial charge in [-0.25, -0.2) is 4.98 Å². The summed E-state index contributed by atoms with van der Waals surface area (Å²) >= 11 is 0. The number of rotatable bonds is 4. The van der Waals surface area contributed by atoms with Gasteiger partial charge in [0.2, 0.25) is 11.7 Å². The lowest BCUT2D eigenvalue weighted by molar-refractivity contribution is 0.0997. The molecule has 1 fully saturated rings. The van der Waals surface area contributed by atoms with E-state index in [9.17, 15) is 4.79 Å². The Hall–Kier alpha value is -3.59. The zero-order valence-electron chi connectivity index (χ0n) is 17.3. The van der Waals surface area contributed by atoms with E-state index in [2.05, 4.69) is 30.4 Å². The molecule has 9 heteroatoms. The molecule has 1 aromatic carbocycles. The minimum atomic E-state index is -0.364. The van der Waals surface area contributed by atoms with Crippen LogP contribution in [-0.2, 0) is 0 Å². The van der Waals surface area contributed by atoms with Crippen molar-refractivity contribution in [2.75, 3.05) is 61.5 Å². The Balaban J connectivity index is 1.35. The molecule has 2 aromatic heterocycles. The second-order valence-electron chi connectivity index (χ2n) is 7.57. The molecule has 3 aromatic rings. The monoisotopic (exact) mass is 420 g/mol. The Morgan fingerprint density at radius 3 is 2.87 bits per heavy atom. The third-order valence-corrected chi connectivity index (χ3v) is 5.54. The standard InChI is InChI=1S/C22H24N6O3/c1-27-10-11-30-19-12-15(2-3-18(19)27)22-25-14-20(31-22)21(29)26-16-13-24-5-4-17(16)28-8-6-23-7-9-28/h2-5,12-14,23H,6-11H2,1H3,(H,26,29). The van der Waals surface area contributed by atoms with Crippen molar-refractivity contribution < 1.29 is 13.9 Å². The molecular formula is C22H24N6O3. The molecule has 0 saturated carbocycles.